The second kappa shape index (κ2) is 10.1. The first-order valence-electron chi connectivity index (χ1n) is 11.9. The minimum atomic E-state index is -3.99. The van der Waals surface area contributed by atoms with Gasteiger partial charge < -0.3 is 15.0 Å². The van der Waals surface area contributed by atoms with Crippen LogP contribution in [0, 0.1) is 11.6 Å². The number of pyridine rings is 1. The molecule has 1 aromatic carbocycles. The van der Waals surface area contributed by atoms with E-state index in [0.29, 0.717) is 47.6 Å². The first-order chi connectivity index (χ1) is 18.2. The third-order valence-corrected chi connectivity index (χ3v) is 7.72. The predicted molar refractivity (Wildman–Crippen MR) is 137 cm³/mol. The highest BCUT2D eigenvalue weighted by molar-refractivity contribution is 7.92. The smallest absolute Gasteiger partial charge is 0.232 e. The number of rotatable bonds is 8. The Labute approximate surface area is 216 Å². The van der Waals surface area contributed by atoms with Crippen molar-refractivity contribution in [2.45, 2.75) is 25.9 Å². The number of halogens is 2. The van der Waals surface area contributed by atoms with Crippen molar-refractivity contribution in [2.24, 2.45) is 0 Å². The number of sulfonamides is 1. The Morgan fingerprint density at radius 3 is 2.58 bits per heavy atom. The molecule has 1 atom stereocenters. The number of aliphatic hydroxyl groups excluding tert-OH is 1. The number of nitrogens with zero attached hydrogens (tertiary/aromatic N) is 4. The Morgan fingerprint density at radius 1 is 1.16 bits per heavy atom. The number of hydrogen-bond acceptors (Lipinski definition) is 8. The first kappa shape index (κ1) is 25.7. The fourth-order valence-electron chi connectivity index (χ4n) is 4.35. The summed E-state index contributed by atoms with van der Waals surface area (Å²) in [5.74, 6) is -3.04. The van der Waals surface area contributed by atoms with Gasteiger partial charge in [-0.15, -0.1) is 0 Å². The van der Waals surface area contributed by atoms with E-state index >= 15 is 4.39 Å². The zero-order valence-electron chi connectivity index (χ0n) is 20.3. The van der Waals surface area contributed by atoms with Crippen LogP contribution < -0.4 is 9.62 Å². The molecule has 4 aromatic rings. The van der Waals surface area contributed by atoms with Crippen molar-refractivity contribution in [3.05, 3.63) is 65.7 Å². The average molecular weight is 543 g/mol. The van der Waals surface area contributed by atoms with Gasteiger partial charge in [0.05, 0.1) is 17.4 Å². The molecule has 1 saturated heterocycles. The summed E-state index contributed by atoms with van der Waals surface area (Å²) in [7, 11) is -3.99. The number of ketones is 1. The lowest BCUT2D eigenvalue weighted by Gasteiger charge is -2.15. The molecule has 0 spiro atoms. The van der Waals surface area contributed by atoms with Gasteiger partial charge in [-0.05, 0) is 31.0 Å². The minimum absolute atomic E-state index is 0.0748. The Bertz CT molecular complexity index is 1630. The van der Waals surface area contributed by atoms with Crippen molar-refractivity contribution in [3.8, 4) is 11.1 Å². The molecule has 0 radical (unpaired) electrons. The number of aliphatic hydroxyl groups is 1. The van der Waals surface area contributed by atoms with E-state index in [9.17, 15) is 22.7 Å². The van der Waals surface area contributed by atoms with Gasteiger partial charge in [-0.25, -0.2) is 32.2 Å². The molecule has 1 fully saturated rings. The standard InChI is InChI=1S/C25H24F2N6O4S/c1-2-7-38(36,37)32-22-20(26)4-3-17(21(22)27)23(35)19-12-29-24-18(19)8-14(9-28-24)15-10-30-25(31-11-15)33-6-5-16(34)13-33/h3-4,8-12,16,32,34H,2,5-7,13H2,1H3,(H,28,29)/t16-/m1/s1. The van der Waals surface area contributed by atoms with E-state index in [0.717, 1.165) is 12.1 Å². The van der Waals surface area contributed by atoms with E-state index in [1.165, 1.54) is 6.20 Å². The van der Waals surface area contributed by atoms with E-state index in [1.54, 1.807) is 31.6 Å². The van der Waals surface area contributed by atoms with Crippen molar-refractivity contribution >= 4 is 38.5 Å². The maximum atomic E-state index is 15.2. The van der Waals surface area contributed by atoms with E-state index in [2.05, 4.69) is 19.9 Å². The summed E-state index contributed by atoms with van der Waals surface area (Å²) in [6.45, 7) is 2.73. The Kier molecular flexibility index (Phi) is 6.80. The van der Waals surface area contributed by atoms with Crippen molar-refractivity contribution in [3.63, 3.8) is 0 Å². The number of anilines is 2. The number of aromatic amines is 1. The Morgan fingerprint density at radius 2 is 1.89 bits per heavy atom. The van der Waals surface area contributed by atoms with Crippen LogP contribution in [0.1, 0.15) is 35.7 Å². The molecular formula is C25H24F2N6O4S. The first-order valence-corrected chi connectivity index (χ1v) is 13.6. The van der Waals surface area contributed by atoms with Gasteiger partial charge in [0.25, 0.3) is 0 Å². The van der Waals surface area contributed by atoms with Gasteiger partial charge >= 0.3 is 0 Å². The molecule has 0 saturated carbocycles. The SMILES string of the molecule is CCCS(=O)(=O)Nc1c(F)ccc(C(=O)c2c[nH]c3ncc(-c4cnc(N5CC[C@@H](O)C5)nc4)cc23)c1F. The van der Waals surface area contributed by atoms with Crippen LogP contribution in [-0.2, 0) is 10.0 Å². The number of benzene rings is 1. The molecule has 1 aliphatic rings. The van der Waals surface area contributed by atoms with Gasteiger partial charge in [-0.3, -0.25) is 9.52 Å². The fraction of sp³-hybridized carbons (Fsp3) is 0.280. The zero-order chi connectivity index (χ0) is 27.0. The van der Waals surface area contributed by atoms with Crippen LogP contribution in [0.5, 0.6) is 0 Å². The number of carbonyl (C=O) groups is 1. The molecule has 4 heterocycles. The number of β-amino-alcohol motifs (C(OH)–C–C–N with tert-alkyl or cyclic N) is 1. The van der Waals surface area contributed by atoms with Crippen LogP contribution in [-0.4, -0.2) is 64.2 Å². The molecule has 0 unspecified atom stereocenters. The van der Waals surface area contributed by atoms with Crippen LogP contribution >= 0.6 is 0 Å². The largest absolute Gasteiger partial charge is 0.391 e. The molecule has 1 aliphatic heterocycles. The highest BCUT2D eigenvalue weighted by Crippen LogP contribution is 2.29. The number of hydrogen-bond donors (Lipinski definition) is 3. The highest BCUT2D eigenvalue weighted by atomic mass is 32.2. The fourth-order valence-corrected chi connectivity index (χ4v) is 5.49. The van der Waals surface area contributed by atoms with Gasteiger partial charge in [0, 0.05) is 60.0 Å². The van der Waals surface area contributed by atoms with E-state index in [1.807, 2.05) is 9.62 Å². The van der Waals surface area contributed by atoms with Crippen molar-refractivity contribution in [1.82, 2.24) is 19.9 Å². The number of carbonyl (C=O) groups excluding carboxylic acids is 1. The van der Waals surface area contributed by atoms with Crippen LogP contribution in [0.3, 0.4) is 0 Å². The normalized spacial score (nSPS) is 15.8. The third-order valence-electron chi connectivity index (χ3n) is 6.26. The zero-order valence-corrected chi connectivity index (χ0v) is 21.1. The molecule has 3 aromatic heterocycles. The second-order valence-electron chi connectivity index (χ2n) is 9.02. The summed E-state index contributed by atoms with van der Waals surface area (Å²) < 4.78 is 55.7. The summed E-state index contributed by atoms with van der Waals surface area (Å²) in [6.07, 6.45) is 6.65. The molecule has 13 heteroatoms. The van der Waals surface area contributed by atoms with Gasteiger partial charge in [-0.1, -0.05) is 6.92 Å². The number of nitrogens with one attached hydrogen (secondary N) is 2. The molecule has 0 amide bonds. The number of fused-ring (bicyclic) bond motifs is 1. The van der Waals surface area contributed by atoms with Gasteiger partial charge in [0.2, 0.25) is 16.0 Å². The summed E-state index contributed by atoms with van der Waals surface area (Å²) >= 11 is 0. The molecule has 198 valence electrons. The molecule has 5 rings (SSSR count). The average Bonchev–Trinajstić information content (AvgIpc) is 3.52. The molecule has 10 nitrogen and oxygen atoms in total. The van der Waals surface area contributed by atoms with Crippen LogP contribution in [0.4, 0.5) is 20.4 Å². The van der Waals surface area contributed by atoms with E-state index in [4.69, 9.17) is 0 Å². The molecular weight excluding hydrogens is 518 g/mol. The Balaban J connectivity index is 1.47. The molecule has 38 heavy (non-hydrogen) atoms. The van der Waals surface area contributed by atoms with Crippen molar-refractivity contribution in [2.75, 3.05) is 28.5 Å². The van der Waals surface area contributed by atoms with Gasteiger partial charge in [0.1, 0.15) is 17.2 Å². The predicted octanol–water partition coefficient (Wildman–Crippen LogP) is 3.25. The summed E-state index contributed by atoms with van der Waals surface area (Å²) in [5.41, 5.74) is 0.283. The second-order valence-corrected chi connectivity index (χ2v) is 10.9. The topological polar surface area (TPSA) is 141 Å². The number of H-pyrrole nitrogens is 1. The minimum Gasteiger partial charge on any atom is -0.391 e. The van der Waals surface area contributed by atoms with Crippen LogP contribution in [0.15, 0.2) is 43.0 Å². The summed E-state index contributed by atoms with van der Waals surface area (Å²) in [6, 6.07) is 3.50. The Hall–Kier alpha value is -3.97. The monoisotopic (exact) mass is 542 g/mol. The van der Waals surface area contributed by atoms with E-state index in [-0.39, 0.29) is 17.7 Å². The maximum Gasteiger partial charge on any atom is 0.232 e. The summed E-state index contributed by atoms with van der Waals surface area (Å²) in [4.78, 5) is 31.2. The molecule has 3 N–H and O–H groups in total. The van der Waals surface area contributed by atoms with Crippen LogP contribution in [0.25, 0.3) is 22.2 Å². The lowest BCUT2D eigenvalue weighted by atomic mass is 10.0. The summed E-state index contributed by atoms with van der Waals surface area (Å²) in [5, 5.41) is 10.1. The number of aromatic nitrogens is 4. The maximum absolute atomic E-state index is 15.2. The highest BCUT2D eigenvalue weighted by Gasteiger charge is 2.25. The van der Waals surface area contributed by atoms with Crippen LogP contribution in [0.2, 0.25) is 0 Å². The van der Waals surface area contributed by atoms with Crippen molar-refractivity contribution < 1.29 is 27.1 Å². The lowest BCUT2D eigenvalue weighted by Crippen LogP contribution is -2.23. The van der Waals surface area contributed by atoms with Crippen molar-refractivity contribution in [1.29, 1.82) is 0 Å². The van der Waals surface area contributed by atoms with Gasteiger partial charge in [-0.2, -0.15) is 0 Å². The van der Waals surface area contributed by atoms with E-state index < -0.39 is 44.8 Å². The quantitative estimate of drug-likeness (QED) is 0.288. The molecule has 0 aliphatic carbocycles. The lowest BCUT2D eigenvalue weighted by molar-refractivity contribution is 0.103. The molecule has 0 bridgehead atoms. The van der Waals surface area contributed by atoms with Gasteiger partial charge in [0.15, 0.2) is 11.6 Å². The third kappa shape index (κ3) is 4.94.